The summed E-state index contributed by atoms with van der Waals surface area (Å²) in [6.07, 6.45) is 9.89. The molecule has 0 spiro atoms. The Kier molecular flexibility index (Phi) is 11.8. The number of likely N-dealkylation sites (tertiary alicyclic amines) is 1. The molecule has 2 aromatic heterocycles. The molecule has 2 N–H and O–H groups in total. The number of thiophene rings is 1. The molecule has 1 atom stereocenters. The number of aromatic nitrogens is 2. The van der Waals surface area contributed by atoms with Crippen LogP contribution in [0.4, 0.5) is 0 Å². The smallest absolute Gasteiger partial charge is 0.310 e. The zero-order valence-electron chi connectivity index (χ0n) is 28.8. The number of nitrogens with zero attached hydrogens (tertiary/aromatic N) is 3. The monoisotopic (exact) mass is 682 g/mol. The third-order valence-corrected chi connectivity index (χ3v) is 10.2. The Morgan fingerprint density at radius 2 is 1.55 bits per heavy atom. The molecule has 0 saturated carbocycles. The van der Waals surface area contributed by atoms with E-state index >= 15 is 0 Å². The summed E-state index contributed by atoms with van der Waals surface area (Å²) in [7, 11) is 0. The molecule has 4 aromatic rings. The second-order valence-corrected chi connectivity index (χ2v) is 14.8. The Labute approximate surface area is 292 Å². The number of amides is 2. The lowest BCUT2D eigenvalue weighted by Crippen LogP contribution is -2.59. The first-order chi connectivity index (χ1) is 23.5. The molecule has 49 heavy (non-hydrogen) atoms. The van der Waals surface area contributed by atoms with Gasteiger partial charge in [-0.25, -0.2) is 9.97 Å². The highest BCUT2D eigenvalue weighted by molar-refractivity contribution is 7.14. The fraction of sp³-hybridized carbons (Fsp3) is 0.410. The first kappa shape index (κ1) is 35.7. The topological polar surface area (TPSA) is 122 Å². The highest BCUT2D eigenvalue weighted by atomic mass is 32.1. The molecule has 10 heteroatoms. The van der Waals surface area contributed by atoms with Crippen molar-refractivity contribution in [3.05, 3.63) is 88.4 Å². The van der Waals surface area contributed by atoms with Crippen molar-refractivity contribution in [3.8, 4) is 28.3 Å². The molecule has 0 bridgehead atoms. The number of benzene rings is 2. The van der Waals surface area contributed by atoms with Crippen LogP contribution >= 0.6 is 11.3 Å². The minimum atomic E-state index is -0.921. The first-order valence-corrected chi connectivity index (χ1v) is 17.9. The number of rotatable bonds is 15. The minimum Gasteiger partial charge on any atom is -0.494 e. The van der Waals surface area contributed by atoms with E-state index < -0.39 is 17.9 Å². The number of carbonyl (C=O) groups is 3. The Morgan fingerprint density at radius 3 is 2.16 bits per heavy atom. The lowest BCUT2D eigenvalue weighted by atomic mass is 9.95. The third-order valence-electron chi connectivity index (χ3n) is 8.72. The molecule has 2 aromatic carbocycles. The molecule has 258 valence electrons. The molecule has 0 aliphatic carbocycles. The normalized spacial score (nSPS) is 13.8. The molecule has 3 heterocycles. The summed E-state index contributed by atoms with van der Waals surface area (Å²) in [5, 5.41) is 12.2. The standard InChI is InChI=1S/C39H46N4O5S/c1-5-6-7-8-9-20-48-31-16-14-27(15-17-31)29-22-40-35(41-23-29)28-12-10-26(11-13-28)21-32(37(45)43-24-30(25-43)38(46)47)42-36(44)33-18-19-34(49-33)39(2,3)4/h10-19,22-23,30,32H,5-9,20-21,24-25H2,1-4H3,(H,42,44)(H,46,47)/t32-/m0/s1. The van der Waals surface area contributed by atoms with E-state index in [0.29, 0.717) is 10.7 Å². The Bertz CT molecular complexity index is 1710. The summed E-state index contributed by atoms with van der Waals surface area (Å²) in [5.74, 6) is -0.679. The number of nitrogens with one attached hydrogen (secondary N) is 1. The van der Waals surface area contributed by atoms with Gasteiger partial charge in [0.2, 0.25) is 5.91 Å². The van der Waals surface area contributed by atoms with Crippen LogP contribution in [-0.4, -0.2) is 63.5 Å². The van der Waals surface area contributed by atoms with Gasteiger partial charge in [-0.05, 0) is 47.2 Å². The van der Waals surface area contributed by atoms with Gasteiger partial charge in [-0.3, -0.25) is 14.4 Å². The molecule has 2 amide bonds. The second kappa shape index (κ2) is 16.2. The van der Waals surface area contributed by atoms with Crippen LogP contribution in [0.5, 0.6) is 5.75 Å². The van der Waals surface area contributed by atoms with Crippen LogP contribution < -0.4 is 10.1 Å². The summed E-state index contributed by atoms with van der Waals surface area (Å²) < 4.78 is 5.89. The van der Waals surface area contributed by atoms with Crippen molar-refractivity contribution < 1.29 is 24.2 Å². The predicted octanol–water partition coefficient (Wildman–Crippen LogP) is 7.40. The summed E-state index contributed by atoms with van der Waals surface area (Å²) in [5.41, 5.74) is 3.48. The van der Waals surface area contributed by atoms with Gasteiger partial charge in [0.15, 0.2) is 5.82 Å². The van der Waals surface area contributed by atoms with E-state index in [2.05, 4.69) is 43.0 Å². The fourth-order valence-electron chi connectivity index (χ4n) is 5.62. The maximum Gasteiger partial charge on any atom is 0.310 e. The highest BCUT2D eigenvalue weighted by Crippen LogP contribution is 2.30. The Balaban J connectivity index is 1.21. The van der Waals surface area contributed by atoms with Crippen molar-refractivity contribution in [3.63, 3.8) is 0 Å². The van der Waals surface area contributed by atoms with Crippen LogP contribution in [-0.2, 0) is 21.4 Å². The predicted molar refractivity (Wildman–Crippen MR) is 193 cm³/mol. The Hall–Kier alpha value is -4.57. The van der Waals surface area contributed by atoms with Crippen molar-refractivity contribution in [2.75, 3.05) is 19.7 Å². The van der Waals surface area contributed by atoms with Gasteiger partial charge in [0.1, 0.15) is 11.8 Å². The van der Waals surface area contributed by atoms with Gasteiger partial charge in [0.05, 0.1) is 17.4 Å². The summed E-state index contributed by atoms with van der Waals surface area (Å²) in [6, 6.07) is 18.5. The summed E-state index contributed by atoms with van der Waals surface area (Å²) >= 11 is 1.41. The number of carboxylic acids is 1. The van der Waals surface area contributed by atoms with Gasteiger partial charge >= 0.3 is 5.97 Å². The molecule has 1 aliphatic rings. The molecule has 9 nitrogen and oxygen atoms in total. The molecular weight excluding hydrogens is 637 g/mol. The summed E-state index contributed by atoms with van der Waals surface area (Å²) in [6.45, 7) is 9.48. The van der Waals surface area contributed by atoms with E-state index in [1.54, 1.807) is 18.5 Å². The van der Waals surface area contributed by atoms with E-state index in [9.17, 15) is 19.5 Å². The number of unbranched alkanes of at least 4 members (excludes halogenated alkanes) is 4. The number of aliphatic carboxylic acids is 1. The van der Waals surface area contributed by atoms with Crippen LogP contribution in [0.25, 0.3) is 22.5 Å². The first-order valence-electron chi connectivity index (χ1n) is 17.1. The van der Waals surface area contributed by atoms with Gasteiger partial charge < -0.3 is 20.1 Å². The van der Waals surface area contributed by atoms with Gasteiger partial charge in [-0.2, -0.15) is 0 Å². The highest BCUT2D eigenvalue weighted by Gasteiger charge is 2.39. The fourth-order valence-corrected chi connectivity index (χ4v) is 6.59. The summed E-state index contributed by atoms with van der Waals surface area (Å²) in [4.78, 5) is 50.4. The molecule has 1 fully saturated rings. The maximum absolute atomic E-state index is 13.5. The molecule has 0 unspecified atom stereocenters. The largest absolute Gasteiger partial charge is 0.494 e. The van der Waals surface area contributed by atoms with Crippen LogP contribution in [0.2, 0.25) is 0 Å². The number of ether oxygens (including phenoxy) is 1. The van der Waals surface area contributed by atoms with E-state index in [-0.39, 0.29) is 36.7 Å². The van der Waals surface area contributed by atoms with Crippen molar-refractivity contribution in [1.29, 1.82) is 0 Å². The lowest BCUT2D eigenvalue weighted by molar-refractivity contribution is -0.153. The van der Waals surface area contributed by atoms with Crippen LogP contribution in [0.1, 0.15) is 79.9 Å². The number of carboxylic acid groups (broad SMARTS) is 1. The van der Waals surface area contributed by atoms with E-state index in [1.165, 1.54) is 41.9 Å². The average Bonchev–Trinajstić information content (AvgIpc) is 3.58. The Morgan fingerprint density at radius 1 is 0.898 bits per heavy atom. The SMILES string of the molecule is CCCCCCCOc1ccc(-c2cnc(-c3ccc(C[C@H](NC(=O)c4ccc(C(C)(C)C)s4)C(=O)N4CC(C(=O)O)C4)cc3)nc2)cc1. The quantitative estimate of drug-likeness (QED) is 0.125. The van der Waals surface area contributed by atoms with Crippen LogP contribution in [0.3, 0.4) is 0 Å². The minimum absolute atomic E-state index is 0.0958. The van der Waals surface area contributed by atoms with Gasteiger partial charge in [-0.15, -0.1) is 11.3 Å². The lowest BCUT2D eigenvalue weighted by Gasteiger charge is -2.38. The second-order valence-electron chi connectivity index (χ2n) is 13.7. The molecule has 0 radical (unpaired) electrons. The van der Waals surface area contributed by atoms with Gasteiger partial charge in [0, 0.05) is 47.9 Å². The molecular formula is C39H46N4O5S. The number of hydrogen-bond acceptors (Lipinski definition) is 7. The van der Waals surface area contributed by atoms with E-state index in [0.717, 1.165) is 45.9 Å². The van der Waals surface area contributed by atoms with Crippen molar-refractivity contribution in [1.82, 2.24) is 20.2 Å². The average molecular weight is 683 g/mol. The zero-order chi connectivity index (χ0) is 35.0. The van der Waals surface area contributed by atoms with Crippen LogP contribution in [0, 0.1) is 5.92 Å². The van der Waals surface area contributed by atoms with Crippen LogP contribution in [0.15, 0.2) is 73.1 Å². The maximum atomic E-state index is 13.5. The molecule has 5 rings (SSSR count). The van der Waals surface area contributed by atoms with Gasteiger partial charge in [-0.1, -0.05) is 89.8 Å². The number of carbonyl (C=O) groups excluding carboxylic acids is 2. The van der Waals surface area contributed by atoms with Crippen molar-refractivity contribution >= 4 is 29.1 Å². The van der Waals surface area contributed by atoms with Crippen molar-refractivity contribution in [2.45, 2.75) is 77.7 Å². The molecule has 1 aliphatic heterocycles. The van der Waals surface area contributed by atoms with E-state index in [1.807, 2.05) is 54.6 Å². The molecule has 1 saturated heterocycles. The van der Waals surface area contributed by atoms with E-state index in [4.69, 9.17) is 4.74 Å². The third kappa shape index (κ3) is 9.53. The van der Waals surface area contributed by atoms with Gasteiger partial charge in [0.25, 0.3) is 5.91 Å². The number of hydrogen-bond donors (Lipinski definition) is 2. The zero-order valence-corrected chi connectivity index (χ0v) is 29.6. The van der Waals surface area contributed by atoms with Crippen molar-refractivity contribution in [2.24, 2.45) is 5.92 Å².